The van der Waals surface area contributed by atoms with Crippen LogP contribution in [0.3, 0.4) is 0 Å². The van der Waals surface area contributed by atoms with E-state index in [1.54, 1.807) is 6.07 Å². The SMILES string of the molecule is Nc1cc(Cl)nnc1N1CCC(Oc2ccc(F)cc2F)CC1. The number of hydrogen-bond donors (Lipinski definition) is 1. The van der Waals surface area contributed by atoms with E-state index < -0.39 is 11.6 Å². The fourth-order valence-corrected chi connectivity index (χ4v) is 2.71. The number of nitrogens with two attached hydrogens (primary N) is 1. The maximum atomic E-state index is 13.6. The van der Waals surface area contributed by atoms with E-state index in [2.05, 4.69) is 10.2 Å². The molecule has 8 heteroatoms. The van der Waals surface area contributed by atoms with Crippen LogP contribution in [-0.2, 0) is 0 Å². The number of nitrogen functional groups attached to an aromatic ring is 1. The lowest BCUT2D eigenvalue weighted by Crippen LogP contribution is -2.39. The topological polar surface area (TPSA) is 64.3 Å². The Morgan fingerprint density at radius 3 is 2.57 bits per heavy atom. The third-order valence-corrected chi connectivity index (χ3v) is 3.89. The van der Waals surface area contributed by atoms with Crippen LogP contribution in [0.15, 0.2) is 24.3 Å². The normalized spacial score (nSPS) is 15.7. The van der Waals surface area contributed by atoms with Gasteiger partial charge in [-0.05, 0) is 12.1 Å². The summed E-state index contributed by atoms with van der Waals surface area (Å²) in [6.45, 7) is 1.29. The van der Waals surface area contributed by atoms with Crippen LogP contribution >= 0.6 is 11.6 Å². The molecule has 2 N–H and O–H groups in total. The first kappa shape index (κ1) is 15.7. The van der Waals surface area contributed by atoms with Crippen molar-refractivity contribution in [2.45, 2.75) is 18.9 Å². The van der Waals surface area contributed by atoms with Crippen LogP contribution in [0.5, 0.6) is 5.75 Å². The first-order chi connectivity index (χ1) is 11.0. The number of halogens is 3. The number of aromatic nitrogens is 2. The van der Waals surface area contributed by atoms with Crippen molar-refractivity contribution in [2.75, 3.05) is 23.7 Å². The number of piperidine rings is 1. The molecule has 5 nitrogen and oxygen atoms in total. The molecule has 0 radical (unpaired) electrons. The van der Waals surface area contributed by atoms with E-state index in [-0.39, 0.29) is 17.0 Å². The van der Waals surface area contributed by atoms with E-state index in [0.717, 1.165) is 6.07 Å². The lowest BCUT2D eigenvalue weighted by Gasteiger charge is -2.33. The second kappa shape index (κ2) is 6.54. The third kappa shape index (κ3) is 3.61. The summed E-state index contributed by atoms with van der Waals surface area (Å²) in [5.41, 5.74) is 6.37. The Morgan fingerprint density at radius 2 is 1.91 bits per heavy atom. The molecule has 3 rings (SSSR count). The van der Waals surface area contributed by atoms with Crippen molar-refractivity contribution in [1.29, 1.82) is 0 Å². The molecule has 0 bridgehead atoms. The molecule has 1 aliphatic rings. The Hall–Kier alpha value is -2.15. The smallest absolute Gasteiger partial charge is 0.174 e. The fourth-order valence-electron chi connectivity index (χ4n) is 2.56. The van der Waals surface area contributed by atoms with E-state index in [9.17, 15) is 8.78 Å². The van der Waals surface area contributed by atoms with Gasteiger partial charge in [0.15, 0.2) is 22.5 Å². The van der Waals surface area contributed by atoms with Crippen molar-refractivity contribution >= 4 is 23.1 Å². The molecule has 2 aromatic rings. The predicted molar refractivity (Wildman–Crippen MR) is 83.7 cm³/mol. The summed E-state index contributed by atoms with van der Waals surface area (Å²) in [4.78, 5) is 1.99. The molecule has 23 heavy (non-hydrogen) atoms. The summed E-state index contributed by atoms with van der Waals surface area (Å²) >= 11 is 5.74. The Labute approximate surface area is 137 Å². The molecule has 0 saturated carbocycles. The van der Waals surface area contributed by atoms with Gasteiger partial charge in [-0.2, -0.15) is 0 Å². The molecule has 122 valence electrons. The maximum absolute atomic E-state index is 13.6. The first-order valence-electron chi connectivity index (χ1n) is 7.18. The number of anilines is 2. The van der Waals surface area contributed by atoms with Gasteiger partial charge in [0.2, 0.25) is 0 Å². The van der Waals surface area contributed by atoms with Gasteiger partial charge in [0.1, 0.15) is 11.9 Å². The van der Waals surface area contributed by atoms with E-state index >= 15 is 0 Å². The Bertz CT molecular complexity index is 708. The maximum Gasteiger partial charge on any atom is 0.174 e. The molecule has 1 fully saturated rings. The summed E-state index contributed by atoms with van der Waals surface area (Å²) in [5.74, 6) is -0.668. The van der Waals surface area contributed by atoms with Gasteiger partial charge in [0.05, 0.1) is 5.69 Å². The van der Waals surface area contributed by atoms with Crippen molar-refractivity contribution in [3.05, 3.63) is 41.1 Å². The summed E-state index contributed by atoms with van der Waals surface area (Å²) in [5, 5.41) is 8.06. The quantitative estimate of drug-likeness (QED) is 0.930. The summed E-state index contributed by atoms with van der Waals surface area (Å²) in [7, 11) is 0. The highest BCUT2D eigenvalue weighted by Gasteiger charge is 2.24. The average Bonchev–Trinajstić information content (AvgIpc) is 2.51. The van der Waals surface area contributed by atoms with Crippen LogP contribution in [0, 0.1) is 11.6 Å². The highest BCUT2D eigenvalue weighted by atomic mass is 35.5. The standard InChI is InChI=1S/C15H15ClF2N4O/c16-14-8-12(19)15(21-20-14)22-5-3-10(4-6-22)23-13-2-1-9(17)7-11(13)18/h1-2,7-8,10H,3-6H2,(H2,19,20). The molecule has 0 aliphatic carbocycles. The summed E-state index contributed by atoms with van der Waals surface area (Å²) < 4.78 is 32.1. The second-order valence-electron chi connectivity index (χ2n) is 5.33. The van der Waals surface area contributed by atoms with Crippen LogP contribution in [-0.4, -0.2) is 29.4 Å². The van der Waals surface area contributed by atoms with Crippen LogP contribution in [0.1, 0.15) is 12.8 Å². The zero-order valence-corrected chi connectivity index (χ0v) is 12.9. The molecule has 1 aromatic carbocycles. The number of benzene rings is 1. The van der Waals surface area contributed by atoms with E-state index in [1.165, 1.54) is 12.1 Å². The van der Waals surface area contributed by atoms with Crippen LogP contribution < -0.4 is 15.4 Å². The zero-order chi connectivity index (χ0) is 16.4. The number of nitrogens with zero attached hydrogens (tertiary/aromatic N) is 3. The molecule has 0 spiro atoms. The highest BCUT2D eigenvalue weighted by molar-refractivity contribution is 6.29. The van der Waals surface area contributed by atoms with Crippen molar-refractivity contribution in [1.82, 2.24) is 10.2 Å². The average molecular weight is 341 g/mol. The van der Waals surface area contributed by atoms with Gasteiger partial charge in [0.25, 0.3) is 0 Å². The lowest BCUT2D eigenvalue weighted by atomic mass is 10.1. The third-order valence-electron chi connectivity index (χ3n) is 3.70. The molecule has 1 aromatic heterocycles. The second-order valence-corrected chi connectivity index (χ2v) is 5.71. The van der Waals surface area contributed by atoms with E-state index in [1.807, 2.05) is 4.90 Å². The van der Waals surface area contributed by atoms with Crippen molar-refractivity contribution in [3.8, 4) is 5.75 Å². The molecule has 0 amide bonds. The predicted octanol–water partition coefficient (Wildman–Crippen LogP) is 3.04. The van der Waals surface area contributed by atoms with Gasteiger partial charge in [0, 0.05) is 38.1 Å². The molecular formula is C15H15ClF2N4O. The molecule has 1 saturated heterocycles. The van der Waals surface area contributed by atoms with Gasteiger partial charge >= 0.3 is 0 Å². The van der Waals surface area contributed by atoms with Gasteiger partial charge in [-0.15, -0.1) is 10.2 Å². The van der Waals surface area contributed by atoms with E-state index in [0.29, 0.717) is 37.4 Å². The highest BCUT2D eigenvalue weighted by Crippen LogP contribution is 2.27. The largest absolute Gasteiger partial charge is 0.487 e. The molecule has 1 aliphatic heterocycles. The number of hydrogen-bond acceptors (Lipinski definition) is 5. The Balaban J connectivity index is 1.62. The minimum Gasteiger partial charge on any atom is -0.487 e. The van der Waals surface area contributed by atoms with Gasteiger partial charge in [-0.1, -0.05) is 11.6 Å². The molecule has 0 atom stereocenters. The van der Waals surface area contributed by atoms with Crippen molar-refractivity contribution in [2.24, 2.45) is 0 Å². The van der Waals surface area contributed by atoms with Gasteiger partial charge in [-0.3, -0.25) is 0 Å². The summed E-state index contributed by atoms with van der Waals surface area (Å²) in [6.07, 6.45) is 1.19. The van der Waals surface area contributed by atoms with Gasteiger partial charge in [-0.25, -0.2) is 8.78 Å². The molecule has 2 heterocycles. The van der Waals surface area contributed by atoms with Gasteiger partial charge < -0.3 is 15.4 Å². The minimum atomic E-state index is -0.694. The molecular weight excluding hydrogens is 326 g/mol. The van der Waals surface area contributed by atoms with Crippen LogP contribution in [0.2, 0.25) is 5.15 Å². The molecule has 0 unspecified atom stereocenters. The van der Waals surface area contributed by atoms with Crippen LogP contribution in [0.4, 0.5) is 20.3 Å². The first-order valence-corrected chi connectivity index (χ1v) is 7.56. The zero-order valence-electron chi connectivity index (χ0n) is 12.2. The fraction of sp³-hybridized carbons (Fsp3) is 0.333. The monoisotopic (exact) mass is 340 g/mol. The minimum absolute atomic E-state index is 0.0654. The van der Waals surface area contributed by atoms with Crippen LogP contribution in [0.25, 0.3) is 0 Å². The number of rotatable bonds is 3. The van der Waals surface area contributed by atoms with Crippen molar-refractivity contribution in [3.63, 3.8) is 0 Å². The Morgan fingerprint density at radius 1 is 1.17 bits per heavy atom. The van der Waals surface area contributed by atoms with E-state index in [4.69, 9.17) is 22.1 Å². The van der Waals surface area contributed by atoms with Crippen molar-refractivity contribution < 1.29 is 13.5 Å². The number of ether oxygens (including phenoxy) is 1. The Kier molecular flexibility index (Phi) is 4.47. The summed E-state index contributed by atoms with van der Waals surface area (Å²) in [6, 6.07) is 4.85. The lowest BCUT2D eigenvalue weighted by molar-refractivity contribution is 0.163.